The number of amides is 2. The molecule has 0 spiro atoms. The van der Waals surface area contributed by atoms with E-state index in [1.807, 2.05) is 32.9 Å². The lowest BCUT2D eigenvalue weighted by Crippen LogP contribution is -2.59. The van der Waals surface area contributed by atoms with Crippen LogP contribution < -0.4 is 5.32 Å². The molecular weight excluding hydrogens is 392 g/mol. The van der Waals surface area contributed by atoms with E-state index in [-0.39, 0.29) is 5.91 Å². The highest BCUT2D eigenvalue weighted by atomic mass is 35.5. The third-order valence-corrected chi connectivity index (χ3v) is 5.73. The number of benzene rings is 1. The van der Waals surface area contributed by atoms with Crippen LogP contribution in [0.1, 0.15) is 59.9 Å². The van der Waals surface area contributed by atoms with E-state index in [9.17, 15) is 14.7 Å². The summed E-state index contributed by atoms with van der Waals surface area (Å²) in [5.41, 5.74) is -1.50. The number of carbonyl (C=O) groups excluding carboxylic acids is 2. The maximum Gasteiger partial charge on any atom is 0.408 e. The zero-order valence-corrected chi connectivity index (χ0v) is 19.0. The maximum absolute atomic E-state index is 13.1. The largest absolute Gasteiger partial charge is 0.444 e. The molecule has 0 aromatic heterocycles. The molecule has 1 aromatic carbocycles. The molecular formula is C22H33ClN2O4. The number of nitrogens with one attached hydrogen (secondary N) is 1. The standard InChI is InChI=1S/C22H33ClN2O4/c1-7-17(24-19(27)29-20(2,3)4)18(26)25-13-12-22(28,21(5,6)14-25)15-8-10-16(23)11-9-15/h8-11,17,28H,7,12-14H2,1-6H3,(H,24,27)/t17-,22+/m1/s1. The Kier molecular flexibility index (Phi) is 6.90. The summed E-state index contributed by atoms with van der Waals surface area (Å²) in [6.45, 7) is 11.8. The lowest BCUT2D eigenvalue weighted by molar-refractivity contribution is -0.155. The first kappa shape index (κ1) is 23.5. The van der Waals surface area contributed by atoms with Gasteiger partial charge in [0.05, 0.1) is 5.60 Å². The van der Waals surface area contributed by atoms with Crippen LogP contribution in [-0.4, -0.2) is 46.7 Å². The second kappa shape index (κ2) is 8.52. The molecule has 0 unspecified atom stereocenters. The van der Waals surface area contributed by atoms with Crippen molar-refractivity contribution in [2.75, 3.05) is 13.1 Å². The number of rotatable bonds is 4. The average molecular weight is 425 g/mol. The van der Waals surface area contributed by atoms with Gasteiger partial charge in [-0.1, -0.05) is 44.5 Å². The Morgan fingerprint density at radius 1 is 1.28 bits per heavy atom. The zero-order chi connectivity index (χ0) is 22.0. The molecule has 0 radical (unpaired) electrons. The molecule has 2 atom stereocenters. The molecule has 2 amide bonds. The summed E-state index contributed by atoms with van der Waals surface area (Å²) in [7, 11) is 0. The van der Waals surface area contributed by atoms with Gasteiger partial charge in [-0.3, -0.25) is 4.79 Å². The lowest BCUT2D eigenvalue weighted by atomic mass is 9.66. The molecule has 0 saturated carbocycles. The number of hydrogen-bond donors (Lipinski definition) is 2. The number of likely N-dealkylation sites (tertiary alicyclic amines) is 1. The summed E-state index contributed by atoms with van der Waals surface area (Å²) < 4.78 is 5.28. The summed E-state index contributed by atoms with van der Waals surface area (Å²) in [6.07, 6.45) is 0.249. The Hall–Kier alpha value is -1.79. The maximum atomic E-state index is 13.1. The first-order valence-electron chi connectivity index (χ1n) is 10.1. The van der Waals surface area contributed by atoms with Crippen molar-refractivity contribution in [1.82, 2.24) is 10.2 Å². The Morgan fingerprint density at radius 3 is 2.34 bits per heavy atom. The summed E-state index contributed by atoms with van der Waals surface area (Å²) in [5.74, 6) is -0.162. The minimum atomic E-state index is -1.07. The van der Waals surface area contributed by atoms with Gasteiger partial charge < -0.3 is 20.1 Å². The van der Waals surface area contributed by atoms with Gasteiger partial charge in [0, 0.05) is 23.5 Å². The number of aliphatic hydroxyl groups is 1. The molecule has 1 aromatic rings. The van der Waals surface area contributed by atoms with Gasteiger partial charge in [0.15, 0.2) is 0 Å². The molecule has 2 N–H and O–H groups in total. The summed E-state index contributed by atoms with van der Waals surface area (Å²) in [6, 6.07) is 6.53. The quantitative estimate of drug-likeness (QED) is 0.762. The predicted molar refractivity (Wildman–Crippen MR) is 114 cm³/mol. The van der Waals surface area contributed by atoms with Gasteiger partial charge in [0.1, 0.15) is 11.6 Å². The van der Waals surface area contributed by atoms with Crippen molar-refractivity contribution < 1.29 is 19.4 Å². The van der Waals surface area contributed by atoms with Crippen molar-refractivity contribution in [1.29, 1.82) is 0 Å². The number of halogens is 1. The van der Waals surface area contributed by atoms with E-state index in [0.717, 1.165) is 5.56 Å². The van der Waals surface area contributed by atoms with E-state index in [4.69, 9.17) is 16.3 Å². The molecule has 6 nitrogen and oxygen atoms in total. The van der Waals surface area contributed by atoms with Gasteiger partial charge in [-0.25, -0.2) is 4.79 Å². The van der Waals surface area contributed by atoms with Crippen LogP contribution in [0.15, 0.2) is 24.3 Å². The molecule has 1 aliphatic rings. The lowest BCUT2D eigenvalue weighted by Gasteiger charge is -2.51. The van der Waals surface area contributed by atoms with E-state index in [1.165, 1.54) is 0 Å². The Balaban J connectivity index is 2.12. The fourth-order valence-corrected chi connectivity index (χ4v) is 3.91. The zero-order valence-electron chi connectivity index (χ0n) is 18.2. The fourth-order valence-electron chi connectivity index (χ4n) is 3.78. The van der Waals surface area contributed by atoms with Crippen molar-refractivity contribution in [3.8, 4) is 0 Å². The second-order valence-corrected chi connectivity index (χ2v) is 9.80. The number of piperidine rings is 1. The molecule has 162 valence electrons. The van der Waals surface area contributed by atoms with Crippen molar-refractivity contribution in [2.45, 2.75) is 71.6 Å². The second-order valence-electron chi connectivity index (χ2n) is 9.37. The molecule has 1 aliphatic heterocycles. The summed E-state index contributed by atoms with van der Waals surface area (Å²) in [5, 5.41) is 14.7. The smallest absolute Gasteiger partial charge is 0.408 e. The van der Waals surface area contributed by atoms with Crippen LogP contribution in [0.3, 0.4) is 0 Å². The van der Waals surface area contributed by atoms with Crippen molar-refractivity contribution in [2.24, 2.45) is 5.41 Å². The average Bonchev–Trinajstić information content (AvgIpc) is 2.60. The minimum absolute atomic E-state index is 0.162. The monoisotopic (exact) mass is 424 g/mol. The Morgan fingerprint density at radius 2 is 1.86 bits per heavy atom. The van der Waals surface area contributed by atoms with Gasteiger partial charge in [-0.05, 0) is 51.3 Å². The van der Waals surface area contributed by atoms with Crippen LogP contribution in [0.2, 0.25) is 5.02 Å². The van der Waals surface area contributed by atoms with Crippen LogP contribution in [0.4, 0.5) is 4.79 Å². The van der Waals surface area contributed by atoms with Gasteiger partial charge in [-0.2, -0.15) is 0 Å². The van der Waals surface area contributed by atoms with Gasteiger partial charge >= 0.3 is 6.09 Å². The number of alkyl carbamates (subject to hydrolysis) is 1. The van der Waals surface area contributed by atoms with Crippen molar-refractivity contribution in [3.63, 3.8) is 0 Å². The third kappa shape index (κ3) is 5.43. The summed E-state index contributed by atoms with van der Waals surface area (Å²) in [4.78, 5) is 26.9. The first-order valence-corrected chi connectivity index (χ1v) is 10.4. The molecule has 1 heterocycles. The molecule has 7 heteroatoms. The normalized spacial score (nSPS) is 22.7. The molecule has 0 bridgehead atoms. The molecule has 0 aliphatic carbocycles. The minimum Gasteiger partial charge on any atom is -0.444 e. The van der Waals surface area contributed by atoms with Crippen molar-refractivity contribution >= 4 is 23.6 Å². The highest BCUT2D eigenvalue weighted by molar-refractivity contribution is 6.30. The fraction of sp³-hybridized carbons (Fsp3) is 0.636. The highest BCUT2D eigenvalue weighted by Gasteiger charge is 2.50. The Bertz CT molecular complexity index is 742. The number of ether oxygens (including phenoxy) is 1. The molecule has 29 heavy (non-hydrogen) atoms. The highest BCUT2D eigenvalue weighted by Crippen LogP contribution is 2.46. The molecule has 2 rings (SSSR count). The third-order valence-electron chi connectivity index (χ3n) is 5.48. The van der Waals surface area contributed by atoms with E-state index in [0.29, 0.717) is 31.0 Å². The topological polar surface area (TPSA) is 78.9 Å². The molecule has 1 saturated heterocycles. The van der Waals surface area contributed by atoms with Crippen LogP contribution in [0, 0.1) is 5.41 Å². The van der Waals surface area contributed by atoms with Gasteiger partial charge in [0.2, 0.25) is 5.91 Å². The SMILES string of the molecule is CC[C@@H](NC(=O)OC(C)(C)C)C(=O)N1CC[C@](O)(c2ccc(Cl)cc2)C(C)(C)C1. The first-order chi connectivity index (χ1) is 13.3. The van der Waals surface area contributed by atoms with E-state index >= 15 is 0 Å². The van der Waals surface area contributed by atoms with Crippen LogP contribution in [-0.2, 0) is 15.1 Å². The summed E-state index contributed by atoms with van der Waals surface area (Å²) >= 11 is 5.98. The number of carbonyl (C=O) groups is 2. The van der Waals surface area contributed by atoms with Crippen LogP contribution >= 0.6 is 11.6 Å². The van der Waals surface area contributed by atoms with E-state index in [1.54, 1.807) is 37.8 Å². The number of nitrogens with zero attached hydrogens (tertiary/aromatic N) is 1. The van der Waals surface area contributed by atoms with E-state index in [2.05, 4.69) is 5.32 Å². The predicted octanol–water partition coefficient (Wildman–Crippen LogP) is 4.09. The van der Waals surface area contributed by atoms with Gasteiger partial charge in [-0.15, -0.1) is 0 Å². The van der Waals surface area contributed by atoms with Crippen LogP contribution in [0.5, 0.6) is 0 Å². The number of hydrogen-bond acceptors (Lipinski definition) is 4. The van der Waals surface area contributed by atoms with Crippen LogP contribution in [0.25, 0.3) is 0 Å². The van der Waals surface area contributed by atoms with Gasteiger partial charge in [0.25, 0.3) is 0 Å². The van der Waals surface area contributed by atoms with Crippen molar-refractivity contribution in [3.05, 3.63) is 34.9 Å². The molecule has 1 fully saturated rings. The van der Waals surface area contributed by atoms with E-state index < -0.39 is 28.8 Å². The Labute approximate surface area is 178 Å².